The first kappa shape index (κ1) is 28.4. The van der Waals surface area contributed by atoms with Gasteiger partial charge in [0.1, 0.15) is 18.4 Å². The molecule has 10 heteroatoms. The molecule has 0 rings (SSSR count). The van der Waals surface area contributed by atoms with Gasteiger partial charge in [0.05, 0.1) is 6.04 Å². The third kappa shape index (κ3) is 13.3. The molecule has 0 aliphatic carbocycles. The summed E-state index contributed by atoms with van der Waals surface area (Å²) in [5.41, 5.74) is 10.5. The van der Waals surface area contributed by atoms with Crippen LogP contribution in [0.3, 0.4) is 0 Å². The van der Waals surface area contributed by atoms with Gasteiger partial charge in [0.2, 0.25) is 17.7 Å². The molecular formula is C21H40N6O4. The second-order valence-electron chi connectivity index (χ2n) is 8.49. The Labute approximate surface area is 185 Å². The lowest BCUT2D eigenvalue weighted by molar-refractivity contribution is -0.133. The molecule has 0 unspecified atom stereocenters. The Kier molecular flexibility index (Phi) is 13.9. The SMILES string of the molecule is CCC(=O)N[C@H](CC(C)C)C(=O)N[C@H](CC(C)C)C(=O)N[C@H](C=O)CCCN=C(N)N. The Balaban J connectivity index is 5.16. The molecule has 0 aromatic rings. The molecule has 0 heterocycles. The highest BCUT2D eigenvalue weighted by Gasteiger charge is 2.28. The van der Waals surface area contributed by atoms with E-state index in [-0.39, 0.29) is 30.1 Å². The number of aldehydes is 1. The van der Waals surface area contributed by atoms with Gasteiger partial charge in [0, 0.05) is 13.0 Å². The van der Waals surface area contributed by atoms with Crippen LogP contribution in [0.5, 0.6) is 0 Å². The van der Waals surface area contributed by atoms with Gasteiger partial charge in [-0.25, -0.2) is 0 Å². The van der Waals surface area contributed by atoms with E-state index in [1.54, 1.807) is 6.92 Å². The fourth-order valence-corrected chi connectivity index (χ4v) is 2.95. The van der Waals surface area contributed by atoms with E-state index < -0.39 is 29.9 Å². The summed E-state index contributed by atoms with van der Waals surface area (Å²) in [6.45, 7) is 9.83. The summed E-state index contributed by atoms with van der Waals surface area (Å²) >= 11 is 0. The Morgan fingerprint density at radius 3 is 1.87 bits per heavy atom. The fourth-order valence-electron chi connectivity index (χ4n) is 2.95. The predicted molar refractivity (Wildman–Crippen MR) is 121 cm³/mol. The molecule has 0 spiro atoms. The molecule has 31 heavy (non-hydrogen) atoms. The second-order valence-corrected chi connectivity index (χ2v) is 8.49. The van der Waals surface area contributed by atoms with Crippen LogP contribution in [0.25, 0.3) is 0 Å². The summed E-state index contributed by atoms with van der Waals surface area (Å²) in [4.78, 5) is 52.7. The standard InChI is InChI=1S/C21H40N6O4/c1-6-18(29)26-16(10-13(2)3)20(31)27-17(11-14(4)5)19(30)25-15(12-28)8-7-9-24-21(22)23/h12-17H,6-11H2,1-5H3,(H,25,30)(H,26,29)(H,27,31)(H4,22,23,24)/t15-,16+,17+/m0/s1. The number of rotatable bonds is 15. The van der Waals surface area contributed by atoms with Crippen LogP contribution in [-0.4, -0.2) is 54.6 Å². The van der Waals surface area contributed by atoms with E-state index in [0.29, 0.717) is 38.5 Å². The number of amides is 3. The van der Waals surface area contributed by atoms with Crippen molar-refractivity contribution < 1.29 is 19.2 Å². The zero-order chi connectivity index (χ0) is 24.0. The van der Waals surface area contributed by atoms with Crippen molar-refractivity contribution in [1.29, 1.82) is 0 Å². The Morgan fingerprint density at radius 1 is 0.903 bits per heavy atom. The molecule has 0 aliphatic heterocycles. The van der Waals surface area contributed by atoms with Crippen LogP contribution in [0, 0.1) is 11.8 Å². The number of nitrogens with two attached hydrogens (primary N) is 2. The van der Waals surface area contributed by atoms with Gasteiger partial charge in [-0.05, 0) is 37.5 Å². The zero-order valence-corrected chi connectivity index (χ0v) is 19.4. The van der Waals surface area contributed by atoms with Gasteiger partial charge in [0.25, 0.3) is 0 Å². The highest BCUT2D eigenvalue weighted by molar-refractivity contribution is 5.92. The van der Waals surface area contributed by atoms with E-state index in [4.69, 9.17) is 11.5 Å². The van der Waals surface area contributed by atoms with Crippen LogP contribution in [0.15, 0.2) is 4.99 Å². The van der Waals surface area contributed by atoms with E-state index in [1.165, 1.54) is 0 Å². The number of aliphatic imine (C=N–C) groups is 1. The van der Waals surface area contributed by atoms with Crippen molar-refractivity contribution in [2.75, 3.05) is 6.54 Å². The van der Waals surface area contributed by atoms with E-state index in [9.17, 15) is 19.2 Å². The third-order valence-electron chi connectivity index (χ3n) is 4.48. The van der Waals surface area contributed by atoms with Gasteiger partial charge < -0.3 is 32.2 Å². The van der Waals surface area contributed by atoms with E-state index >= 15 is 0 Å². The number of nitrogens with zero attached hydrogens (tertiary/aromatic N) is 1. The van der Waals surface area contributed by atoms with Gasteiger partial charge in [0.15, 0.2) is 5.96 Å². The predicted octanol–water partition coefficient (Wildman–Crippen LogP) is 0.196. The van der Waals surface area contributed by atoms with Crippen LogP contribution >= 0.6 is 0 Å². The molecule has 0 bridgehead atoms. The van der Waals surface area contributed by atoms with Crippen molar-refractivity contribution in [3.63, 3.8) is 0 Å². The fraction of sp³-hybridized carbons (Fsp3) is 0.762. The summed E-state index contributed by atoms with van der Waals surface area (Å²) in [5, 5.41) is 8.15. The molecule has 3 amide bonds. The van der Waals surface area contributed by atoms with Crippen molar-refractivity contribution in [2.24, 2.45) is 28.3 Å². The number of hydrogen-bond donors (Lipinski definition) is 5. The largest absolute Gasteiger partial charge is 0.370 e. The molecule has 0 aromatic carbocycles. The highest BCUT2D eigenvalue weighted by Crippen LogP contribution is 2.10. The molecular weight excluding hydrogens is 400 g/mol. The van der Waals surface area contributed by atoms with Gasteiger partial charge in [-0.1, -0.05) is 34.6 Å². The smallest absolute Gasteiger partial charge is 0.243 e. The monoisotopic (exact) mass is 440 g/mol. The lowest BCUT2D eigenvalue weighted by Crippen LogP contribution is -2.55. The summed E-state index contributed by atoms with van der Waals surface area (Å²) in [5.74, 6) is -0.806. The lowest BCUT2D eigenvalue weighted by atomic mass is 9.99. The molecule has 0 radical (unpaired) electrons. The molecule has 0 fully saturated rings. The van der Waals surface area contributed by atoms with Gasteiger partial charge in [-0.2, -0.15) is 0 Å². The minimum atomic E-state index is -0.819. The summed E-state index contributed by atoms with van der Waals surface area (Å²) in [6.07, 6.45) is 2.66. The van der Waals surface area contributed by atoms with Crippen molar-refractivity contribution in [2.45, 2.75) is 84.8 Å². The summed E-state index contributed by atoms with van der Waals surface area (Å²) in [7, 11) is 0. The van der Waals surface area contributed by atoms with Crippen LogP contribution in [0.2, 0.25) is 0 Å². The number of nitrogens with one attached hydrogen (secondary N) is 3. The molecule has 0 aliphatic rings. The Hall–Kier alpha value is -2.65. The summed E-state index contributed by atoms with van der Waals surface area (Å²) in [6, 6.07) is -2.25. The highest BCUT2D eigenvalue weighted by atomic mass is 16.2. The second kappa shape index (κ2) is 15.2. The van der Waals surface area contributed by atoms with Crippen LogP contribution in [0.4, 0.5) is 0 Å². The van der Waals surface area contributed by atoms with Crippen molar-refractivity contribution >= 4 is 30.0 Å². The maximum atomic E-state index is 12.8. The number of guanidine groups is 1. The molecule has 178 valence electrons. The molecule has 10 nitrogen and oxygen atoms in total. The quantitative estimate of drug-likeness (QED) is 0.105. The van der Waals surface area contributed by atoms with E-state index in [2.05, 4.69) is 20.9 Å². The number of carbonyl (C=O) groups excluding carboxylic acids is 4. The van der Waals surface area contributed by atoms with E-state index in [1.807, 2.05) is 27.7 Å². The van der Waals surface area contributed by atoms with E-state index in [0.717, 1.165) is 0 Å². The minimum absolute atomic E-state index is 0.0301. The molecule has 0 saturated carbocycles. The average molecular weight is 441 g/mol. The lowest BCUT2D eigenvalue weighted by Gasteiger charge is -2.26. The van der Waals surface area contributed by atoms with Crippen LogP contribution in [0.1, 0.15) is 66.7 Å². The Morgan fingerprint density at radius 2 is 1.42 bits per heavy atom. The van der Waals surface area contributed by atoms with Gasteiger partial charge >= 0.3 is 0 Å². The first-order chi connectivity index (χ1) is 14.5. The van der Waals surface area contributed by atoms with Crippen LogP contribution in [-0.2, 0) is 19.2 Å². The third-order valence-corrected chi connectivity index (χ3v) is 4.48. The summed E-state index contributed by atoms with van der Waals surface area (Å²) < 4.78 is 0. The van der Waals surface area contributed by atoms with Crippen molar-refractivity contribution in [3.8, 4) is 0 Å². The molecule has 7 N–H and O–H groups in total. The Bertz CT molecular complexity index is 617. The number of carbonyl (C=O) groups is 4. The average Bonchev–Trinajstić information content (AvgIpc) is 2.67. The first-order valence-corrected chi connectivity index (χ1v) is 10.9. The first-order valence-electron chi connectivity index (χ1n) is 10.9. The molecule has 0 saturated heterocycles. The zero-order valence-electron chi connectivity index (χ0n) is 19.4. The molecule has 0 aromatic heterocycles. The number of hydrogen-bond acceptors (Lipinski definition) is 5. The van der Waals surface area contributed by atoms with Gasteiger partial charge in [-0.15, -0.1) is 0 Å². The van der Waals surface area contributed by atoms with Crippen molar-refractivity contribution in [3.05, 3.63) is 0 Å². The maximum Gasteiger partial charge on any atom is 0.243 e. The normalized spacial score (nSPS) is 13.8. The topological polar surface area (TPSA) is 169 Å². The van der Waals surface area contributed by atoms with Crippen LogP contribution < -0.4 is 27.4 Å². The maximum absolute atomic E-state index is 12.8. The van der Waals surface area contributed by atoms with Gasteiger partial charge in [-0.3, -0.25) is 19.4 Å². The minimum Gasteiger partial charge on any atom is -0.370 e. The molecule has 3 atom stereocenters. The van der Waals surface area contributed by atoms with Crippen molar-refractivity contribution in [1.82, 2.24) is 16.0 Å².